The average molecular weight is 315 g/mol. The van der Waals surface area contributed by atoms with Crippen molar-refractivity contribution in [1.29, 1.82) is 0 Å². The Bertz CT molecular complexity index is 890. The third-order valence-electron chi connectivity index (χ3n) is 4.36. The lowest BCUT2D eigenvalue weighted by atomic mass is 9.89. The zero-order valence-corrected chi connectivity index (χ0v) is 13.1. The summed E-state index contributed by atoms with van der Waals surface area (Å²) in [5.41, 5.74) is 3.45. The minimum Gasteiger partial charge on any atom is -0.508 e. The van der Waals surface area contributed by atoms with E-state index in [1.54, 1.807) is 12.1 Å². The molecule has 24 heavy (non-hydrogen) atoms. The average Bonchev–Trinajstić information content (AvgIpc) is 2.97. The van der Waals surface area contributed by atoms with Crippen molar-refractivity contribution in [3.8, 4) is 5.75 Å². The van der Waals surface area contributed by atoms with Crippen LogP contribution in [0.25, 0.3) is 6.08 Å². The largest absolute Gasteiger partial charge is 0.508 e. The van der Waals surface area contributed by atoms with Crippen molar-refractivity contribution in [2.24, 2.45) is 4.99 Å². The van der Waals surface area contributed by atoms with Gasteiger partial charge in [-0.2, -0.15) is 0 Å². The molecule has 0 amide bonds. The van der Waals surface area contributed by atoms with E-state index in [0.29, 0.717) is 12.4 Å². The van der Waals surface area contributed by atoms with Crippen molar-refractivity contribution < 1.29 is 9.84 Å². The van der Waals surface area contributed by atoms with E-state index in [2.05, 4.69) is 35.9 Å². The highest BCUT2D eigenvalue weighted by atomic mass is 16.5. The molecule has 0 aromatic heterocycles. The predicted molar refractivity (Wildman–Crippen MR) is 96.0 cm³/mol. The molecular weight excluding hydrogens is 298 g/mol. The van der Waals surface area contributed by atoms with Gasteiger partial charge in [0, 0.05) is 11.1 Å². The second-order valence-electron chi connectivity index (χ2n) is 5.93. The Morgan fingerprint density at radius 2 is 1.88 bits per heavy atom. The van der Waals surface area contributed by atoms with Crippen LogP contribution in [0.2, 0.25) is 0 Å². The first-order valence-corrected chi connectivity index (χ1v) is 7.86. The van der Waals surface area contributed by atoms with Gasteiger partial charge in [-0.15, -0.1) is 0 Å². The zero-order valence-electron chi connectivity index (χ0n) is 13.1. The van der Waals surface area contributed by atoms with Gasteiger partial charge in [-0.05, 0) is 41.5 Å². The third kappa shape index (κ3) is 2.35. The fourth-order valence-electron chi connectivity index (χ4n) is 3.13. The highest BCUT2D eigenvalue weighted by Gasteiger charge is 2.40. The van der Waals surface area contributed by atoms with Gasteiger partial charge in [0.1, 0.15) is 5.75 Å². The molecule has 4 rings (SSSR count). The molecule has 2 aromatic carbocycles. The molecule has 3 nitrogen and oxygen atoms in total. The van der Waals surface area contributed by atoms with Gasteiger partial charge in [-0.1, -0.05) is 49.1 Å². The van der Waals surface area contributed by atoms with E-state index in [9.17, 15) is 5.11 Å². The summed E-state index contributed by atoms with van der Waals surface area (Å²) in [5.74, 6) is 0.816. The van der Waals surface area contributed by atoms with Crippen LogP contribution >= 0.6 is 0 Å². The van der Waals surface area contributed by atoms with Crippen LogP contribution in [0.5, 0.6) is 5.75 Å². The molecule has 0 radical (unpaired) electrons. The van der Waals surface area contributed by atoms with Crippen molar-refractivity contribution in [2.75, 3.05) is 6.54 Å². The first kappa shape index (κ1) is 14.5. The molecule has 1 aliphatic carbocycles. The van der Waals surface area contributed by atoms with E-state index in [-0.39, 0.29) is 5.75 Å². The Hall–Kier alpha value is -3.07. The number of rotatable bonds is 2. The fourth-order valence-corrected chi connectivity index (χ4v) is 3.13. The lowest BCUT2D eigenvalue weighted by Gasteiger charge is -2.27. The maximum Gasteiger partial charge on any atom is 0.217 e. The third-order valence-corrected chi connectivity index (χ3v) is 4.36. The quantitative estimate of drug-likeness (QED) is 0.902. The van der Waals surface area contributed by atoms with E-state index in [1.165, 1.54) is 0 Å². The molecule has 118 valence electrons. The molecule has 1 spiro atoms. The number of benzene rings is 2. The van der Waals surface area contributed by atoms with E-state index in [0.717, 1.165) is 22.3 Å². The van der Waals surface area contributed by atoms with Crippen molar-refractivity contribution in [3.05, 3.63) is 95.6 Å². The van der Waals surface area contributed by atoms with Gasteiger partial charge >= 0.3 is 0 Å². The van der Waals surface area contributed by atoms with Gasteiger partial charge in [-0.3, -0.25) is 0 Å². The number of allylic oxidation sites excluding steroid dienone is 3. The Balaban J connectivity index is 1.78. The molecule has 3 heteroatoms. The summed E-state index contributed by atoms with van der Waals surface area (Å²) < 4.78 is 6.36. The van der Waals surface area contributed by atoms with Gasteiger partial charge in [0.15, 0.2) is 5.60 Å². The van der Waals surface area contributed by atoms with Gasteiger partial charge < -0.3 is 9.84 Å². The summed E-state index contributed by atoms with van der Waals surface area (Å²) >= 11 is 0. The van der Waals surface area contributed by atoms with Crippen LogP contribution < -0.4 is 0 Å². The SMILES string of the molecule is C=CC1=CC2(CN=C(c3ccc(O)cc3)O2)c2ccccc2C=C1. The van der Waals surface area contributed by atoms with Crippen molar-refractivity contribution in [2.45, 2.75) is 5.60 Å². The number of aliphatic imine (C=N–C) groups is 1. The van der Waals surface area contributed by atoms with Crippen LogP contribution in [0.3, 0.4) is 0 Å². The molecule has 1 N–H and O–H groups in total. The van der Waals surface area contributed by atoms with Crippen LogP contribution in [-0.2, 0) is 10.3 Å². The fraction of sp³-hybridized carbons (Fsp3) is 0.0952. The zero-order chi connectivity index (χ0) is 16.6. The summed E-state index contributed by atoms with van der Waals surface area (Å²) in [6.07, 6.45) is 8.04. The smallest absolute Gasteiger partial charge is 0.217 e. The molecule has 0 saturated carbocycles. The lowest BCUT2D eigenvalue weighted by Crippen LogP contribution is -2.29. The number of phenols is 1. The number of aromatic hydroxyl groups is 1. The second-order valence-corrected chi connectivity index (χ2v) is 5.93. The molecule has 1 heterocycles. The van der Waals surface area contributed by atoms with Gasteiger partial charge in [-0.25, -0.2) is 4.99 Å². The van der Waals surface area contributed by atoms with Crippen LogP contribution in [0.1, 0.15) is 16.7 Å². The number of hydrogen-bond acceptors (Lipinski definition) is 3. The first-order chi connectivity index (χ1) is 11.7. The number of fused-ring (bicyclic) bond motifs is 2. The van der Waals surface area contributed by atoms with Crippen LogP contribution in [0.15, 0.2) is 83.9 Å². The van der Waals surface area contributed by atoms with E-state index < -0.39 is 5.60 Å². The van der Waals surface area contributed by atoms with Crippen molar-refractivity contribution in [1.82, 2.24) is 0 Å². The van der Waals surface area contributed by atoms with Gasteiger partial charge in [0.05, 0.1) is 6.54 Å². The highest BCUT2D eigenvalue weighted by molar-refractivity contribution is 5.96. The summed E-state index contributed by atoms with van der Waals surface area (Å²) in [6, 6.07) is 15.1. The van der Waals surface area contributed by atoms with Crippen LogP contribution in [0.4, 0.5) is 0 Å². The van der Waals surface area contributed by atoms with Gasteiger partial charge in [0.2, 0.25) is 5.90 Å². The number of nitrogens with zero attached hydrogens (tertiary/aromatic N) is 1. The Kier molecular flexibility index (Phi) is 3.35. The standard InChI is InChI=1S/C21H17NO2/c1-2-15-7-8-16-5-3-4-6-19(16)21(13-15)14-22-20(24-21)17-9-11-18(23)12-10-17/h2-13,23H,1,14H2. The minimum absolute atomic E-state index is 0.227. The molecule has 0 fully saturated rings. The lowest BCUT2D eigenvalue weighted by molar-refractivity contribution is 0.141. The minimum atomic E-state index is -0.628. The molecular formula is C21H17NO2. The highest BCUT2D eigenvalue weighted by Crippen LogP contribution is 2.39. The van der Waals surface area contributed by atoms with E-state index >= 15 is 0 Å². The predicted octanol–water partition coefficient (Wildman–Crippen LogP) is 4.20. The topological polar surface area (TPSA) is 41.8 Å². The van der Waals surface area contributed by atoms with Crippen molar-refractivity contribution >= 4 is 12.0 Å². The monoisotopic (exact) mass is 315 g/mol. The van der Waals surface area contributed by atoms with Crippen molar-refractivity contribution in [3.63, 3.8) is 0 Å². The van der Waals surface area contributed by atoms with Crippen LogP contribution in [0, 0.1) is 0 Å². The normalized spacial score (nSPS) is 21.5. The molecule has 2 aliphatic rings. The number of phenolic OH excluding ortho intramolecular Hbond substituents is 1. The molecule has 2 aromatic rings. The molecule has 1 aliphatic heterocycles. The number of ether oxygens (including phenoxy) is 1. The maximum absolute atomic E-state index is 9.47. The summed E-state index contributed by atoms with van der Waals surface area (Å²) in [4.78, 5) is 4.63. The number of hydrogen-bond donors (Lipinski definition) is 1. The maximum atomic E-state index is 9.47. The molecule has 0 bridgehead atoms. The summed E-state index contributed by atoms with van der Waals surface area (Å²) in [7, 11) is 0. The first-order valence-electron chi connectivity index (χ1n) is 7.86. The van der Waals surface area contributed by atoms with E-state index in [4.69, 9.17) is 4.74 Å². The summed E-state index contributed by atoms with van der Waals surface area (Å²) in [5, 5.41) is 9.47. The van der Waals surface area contributed by atoms with E-state index in [1.807, 2.05) is 36.4 Å². The van der Waals surface area contributed by atoms with Crippen LogP contribution in [-0.4, -0.2) is 17.5 Å². The molecule has 0 saturated heterocycles. The van der Waals surface area contributed by atoms with Gasteiger partial charge in [0.25, 0.3) is 0 Å². The Morgan fingerprint density at radius 3 is 2.67 bits per heavy atom. The second kappa shape index (κ2) is 5.53. The molecule has 1 atom stereocenters. The Labute approximate surface area is 140 Å². The summed E-state index contributed by atoms with van der Waals surface area (Å²) in [6.45, 7) is 4.40. The Morgan fingerprint density at radius 1 is 1.08 bits per heavy atom. The molecule has 1 unspecified atom stereocenters.